The highest BCUT2D eigenvalue weighted by molar-refractivity contribution is 7.88. The van der Waals surface area contributed by atoms with Crippen LogP contribution in [0.25, 0.3) is 5.65 Å². The molecule has 0 bridgehead atoms. The molecule has 0 radical (unpaired) electrons. The molecule has 3 heterocycles. The van der Waals surface area contributed by atoms with Crippen LogP contribution in [0.15, 0.2) is 6.07 Å². The fourth-order valence-corrected chi connectivity index (χ4v) is 5.43. The quantitative estimate of drug-likeness (QED) is 0.277. The van der Waals surface area contributed by atoms with Gasteiger partial charge in [0.15, 0.2) is 17.1 Å². The van der Waals surface area contributed by atoms with Crippen molar-refractivity contribution in [2.75, 3.05) is 13.2 Å². The van der Waals surface area contributed by atoms with Crippen LogP contribution in [-0.2, 0) is 27.5 Å². The van der Waals surface area contributed by atoms with Crippen molar-refractivity contribution in [1.82, 2.24) is 14.7 Å². The van der Waals surface area contributed by atoms with Crippen LogP contribution >= 0.6 is 0 Å². The van der Waals surface area contributed by atoms with E-state index in [1.54, 1.807) is 0 Å². The lowest BCUT2D eigenvalue weighted by atomic mass is 9.83. The van der Waals surface area contributed by atoms with Crippen LogP contribution in [0.3, 0.4) is 0 Å². The zero-order valence-corrected chi connectivity index (χ0v) is 21.8. The monoisotopic (exact) mass is 607 g/mol. The molecule has 0 unspecified atom stereocenters. The van der Waals surface area contributed by atoms with Gasteiger partial charge in [-0.05, 0) is 51.0 Å². The molecule has 1 aliphatic heterocycles. The van der Waals surface area contributed by atoms with E-state index in [0.29, 0.717) is 12.8 Å². The highest BCUT2D eigenvalue weighted by Gasteiger charge is 2.50. The Balaban J connectivity index is 1.88. The Bertz CT molecular complexity index is 1370. The number of fused-ring (bicyclic) bond motifs is 1. The van der Waals surface area contributed by atoms with Gasteiger partial charge in [-0.15, -0.1) is 0 Å². The van der Waals surface area contributed by atoms with Crippen LogP contribution in [0.1, 0.15) is 66.0 Å². The lowest BCUT2D eigenvalue weighted by Crippen LogP contribution is -2.39. The van der Waals surface area contributed by atoms with Crippen molar-refractivity contribution in [2.45, 2.75) is 75.5 Å². The van der Waals surface area contributed by atoms with Crippen LogP contribution in [0.4, 0.5) is 35.1 Å². The third-order valence-electron chi connectivity index (χ3n) is 6.99. The van der Waals surface area contributed by atoms with E-state index < -0.39 is 93.2 Å². The number of pyridine rings is 1. The molecule has 0 spiro atoms. The smallest absolute Gasteiger partial charge is 0.381 e. The predicted molar refractivity (Wildman–Crippen MR) is 122 cm³/mol. The van der Waals surface area contributed by atoms with Gasteiger partial charge in [0.05, 0.1) is 11.3 Å². The summed E-state index contributed by atoms with van der Waals surface area (Å²) in [6, 6.07) is 0.402. The Morgan fingerprint density at radius 1 is 1.12 bits per heavy atom. The van der Waals surface area contributed by atoms with Crippen molar-refractivity contribution in [2.24, 2.45) is 5.92 Å². The summed E-state index contributed by atoms with van der Waals surface area (Å²) in [5.41, 5.74) is -9.94. The van der Waals surface area contributed by atoms with Crippen LogP contribution in [-0.4, -0.2) is 54.4 Å². The molecule has 2 aliphatic rings. The molecule has 40 heavy (non-hydrogen) atoms. The van der Waals surface area contributed by atoms with E-state index in [0.717, 1.165) is 10.5 Å². The molecule has 4 rings (SSSR count). The lowest BCUT2D eigenvalue weighted by Gasteiger charge is -2.28. The molecular weight excluding hydrogens is 582 g/mol. The van der Waals surface area contributed by atoms with Crippen LogP contribution < -0.4 is 9.50 Å². The molecule has 224 valence electrons. The standard InChI is InChI=1S/C23H25F8N3O5S/c1-12-10-15(20(35)32-14-4-8-38-9-5-14)17(39-40(36,37)23(29,30)31)19-33-18(22(26,27)28)16(34(12)19)11-13-2-6-21(24,25)7-3-13/h10,13-14H,2-9,11H2,1H3,(H,32,35). The largest absolute Gasteiger partial charge is 0.534 e. The van der Waals surface area contributed by atoms with Gasteiger partial charge in [-0.3, -0.25) is 9.20 Å². The normalized spacial score (nSPS) is 19.6. The van der Waals surface area contributed by atoms with E-state index in [1.807, 2.05) is 0 Å². The number of carbonyl (C=O) groups is 1. The Morgan fingerprint density at radius 2 is 1.73 bits per heavy atom. The number of hydrogen-bond donors (Lipinski definition) is 1. The maximum absolute atomic E-state index is 14.1. The average Bonchev–Trinajstić information content (AvgIpc) is 3.22. The number of nitrogens with zero attached hydrogens (tertiary/aromatic N) is 2. The Morgan fingerprint density at radius 3 is 2.27 bits per heavy atom. The molecule has 2 aromatic rings. The second kappa shape index (κ2) is 10.6. The second-order valence-corrected chi connectivity index (χ2v) is 11.5. The van der Waals surface area contributed by atoms with Crippen LogP contribution in [0, 0.1) is 12.8 Å². The molecule has 8 nitrogen and oxygen atoms in total. The number of alkyl halides is 8. The summed E-state index contributed by atoms with van der Waals surface area (Å²) in [5, 5.41) is 2.51. The summed E-state index contributed by atoms with van der Waals surface area (Å²) >= 11 is 0. The molecule has 0 aromatic carbocycles. The average molecular weight is 608 g/mol. The van der Waals surface area contributed by atoms with Gasteiger partial charge in [0.2, 0.25) is 5.92 Å². The molecular formula is C23H25F8N3O5S. The van der Waals surface area contributed by atoms with Crippen molar-refractivity contribution in [3.05, 3.63) is 28.7 Å². The van der Waals surface area contributed by atoms with E-state index in [-0.39, 0.29) is 31.7 Å². The topological polar surface area (TPSA) is 99.0 Å². The molecule has 1 saturated carbocycles. The number of ether oxygens (including phenoxy) is 1. The summed E-state index contributed by atoms with van der Waals surface area (Å²) in [6.45, 7) is 1.78. The van der Waals surface area contributed by atoms with Gasteiger partial charge >= 0.3 is 21.8 Å². The van der Waals surface area contributed by atoms with Crippen molar-refractivity contribution >= 4 is 21.7 Å². The van der Waals surface area contributed by atoms with E-state index in [9.17, 15) is 48.3 Å². The van der Waals surface area contributed by atoms with Crippen molar-refractivity contribution in [1.29, 1.82) is 0 Å². The molecule has 1 amide bonds. The summed E-state index contributed by atoms with van der Waals surface area (Å²) in [4.78, 5) is 16.5. The van der Waals surface area contributed by atoms with Crippen molar-refractivity contribution in [3.8, 4) is 5.75 Å². The first-order chi connectivity index (χ1) is 18.4. The number of carbonyl (C=O) groups excluding carboxylic acids is 1. The number of hydrogen-bond acceptors (Lipinski definition) is 6. The minimum Gasteiger partial charge on any atom is -0.381 e. The number of aromatic nitrogens is 2. The first-order valence-corrected chi connectivity index (χ1v) is 13.7. The maximum atomic E-state index is 14.1. The SMILES string of the molecule is Cc1cc(C(=O)NC2CCOCC2)c(OS(=O)(=O)C(F)(F)F)c2nc(C(F)(F)F)c(CC3CCC(F)(F)CC3)n12. The number of amides is 1. The Hall–Kier alpha value is -2.69. The Labute approximate surface area is 223 Å². The summed E-state index contributed by atoms with van der Waals surface area (Å²) in [7, 11) is -6.44. The number of aryl methyl sites for hydroxylation is 1. The predicted octanol–water partition coefficient (Wildman–Crippen LogP) is 5.17. The molecule has 0 atom stereocenters. The second-order valence-electron chi connectivity index (χ2n) is 9.94. The minimum absolute atomic E-state index is 0.0944. The molecule has 1 saturated heterocycles. The first-order valence-electron chi connectivity index (χ1n) is 12.3. The molecule has 1 N–H and O–H groups in total. The van der Waals surface area contributed by atoms with Crippen molar-refractivity contribution < 1.29 is 57.3 Å². The zero-order valence-electron chi connectivity index (χ0n) is 21.0. The zero-order chi connectivity index (χ0) is 29.7. The van der Waals surface area contributed by atoms with E-state index >= 15 is 0 Å². The summed E-state index contributed by atoms with van der Waals surface area (Å²) < 4.78 is 143. The van der Waals surface area contributed by atoms with Crippen molar-refractivity contribution in [3.63, 3.8) is 0 Å². The van der Waals surface area contributed by atoms with E-state index in [1.165, 1.54) is 6.92 Å². The summed E-state index contributed by atoms with van der Waals surface area (Å²) in [5.74, 6) is -6.02. The van der Waals surface area contributed by atoms with Gasteiger partial charge in [0.1, 0.15) is 0 Å². The van der Waals surface area contributed by atoms with Crippen LogP contribution in [0.2, 0.25) is 0 Å². The van der Waals surface area contributed by atoms with Gasteiger partial charge < -0.3 is 14.2 Å². The van der Waals surface area contributed by atoms with Gasteiger partial charge in [0, 0.05) is 37.8 Å². The highest BCUT2D eigenvalue weighted by atomic mass is 32.2. The van der Waals surface area contributed by atoms with E-state index in [4.69, 9.17) is 4.74 Å². The third-order valence-corrected chi connectivity index (χ3v) is 7.94. The first kappa shape index (κ1) is 30.3. The number of halogens is 8. The number of imidazole rings is 1. The third kappa shape index (κ3) is 6.29. The van der Waals surface area contributed by atoms with Gasteiger partial charge in [-0.25, -0.2) is 13.8 Å². The van der Waals surface area contributed by atoms with E-state index in [2.05, 4.69) is 14.5 Å². The fourth-order valence-electron chi connectivity index (χ4n) is 4.95. The van der Waals surface area contributed by atoms with Gasteiger partial charge in [-0.1, -0.05) is 0 Å². The minimum atomic E-state index is -6.44. The van der Waals surface area contributed by atoms with Gasteiger partial charge in [0.25, 0.3) is 5.91 Å². The maximum Gasteiger partial charge on any atom is 0.534 e. The molecule has 2 aromatic heterocycles. The molecule has 2 fully saturated rings. The molecule has 1 aliphatic carbocycles. The Kier molecular flexibility index (Phi) is 8.03. The fraction of sp³-hybridized carbons (Fsp3) is 0.652. The number of rotatable bonds is 6. The number of nitrogens with one attached hydrogen (secondary N) is 1. The van der Waals surface area contributed by atoms with Gasteiger partial charge in [-0.2, -0.15) is 34.8 Å². The lowest BCUT2D eigenvalue weighted by molar-refractivity contribution is -0.141. The van der Waals surface area contributed by atoms with Crippen LogP contribution in [0.5, 0.6) is 5.75 Å². The molecule has 17 heteroatoms. The highest BCUT2D eigenvalue weighted by Crippen LogP contribution is 2.42. The summed E-state index contributed by atoms with van der Waals surface area (Å²) in [6.07, 6.45) is -6.26.